The topological polar surface area (TPSA) is 0 Å². The Morgan fingerprint density at radius 2 is 1.65 bits per heavy atom. The molecule has 0 unspecified atom stereocenters. The number of halogens is 2. The van der Waals surface area contributed by atoms with Gasteiger partial charge in [-0.15, -0.1) is 0 Å². The number of rotatable bonds is 1. The van der Waals surface area contributed by atoms with E-state index in [2.05, 4.69) is 52.3 Å². The number of hydrogen-bond acceptors (Lipinski definition) is 0. The van der Waals surface area contributed by atoms with Crippen molar-refractivity contribution in [2.24, 2.45) is 0 Å². The van der Waals surface area contributed by atoms with Crippen molar-refractivity contribution >= 4 is 23.2 Å². The summed E-state index contributed by atoms with van der Waals surface area (Å²) in [6.07, 6.45) is 4.59. The van der Waals surface area contributed by atoms with Crippen LogP contribution in [0.25, 0.3) is 6.08 Å². The molecule has 3 heteroatoms. The van der Waals surface area contributed by atoms with E-state index in [9.17, 15) is 0 Å². The van der Waals surface area contributed by atoms with Gasteiger partial charge < -0.3 is 0 Å². The second-order valence-electron chi connectivity index (χ2n) is 4.56. The van der Waals surface area contributed by atoms with Gasteiger partial charge in [-0.1, -0.05) is 37.6 Å². The monoisotopic (exact) mass is 435 g/mol. The van der Waals surface area contributed by atoms with Crippen molar-refractivity contribution in [2.45, 2.75) is 33.6 Å². The molecule has 1 radical (unpaired) electrons. The van der Waals surface area contributed by atoms with Crippen LogP contribution in [0.2, 0.25) is 0 Å². The van der Waals surface area contributed by atoms with Gasteiger partial charge in [0.05, 0.1) is 0 Å². The van der Waals surface area contributed by atoms with Gasteiger partial charge in [0.2, 0.25) is 0 Å². The van der Waals surface area contributed by atoms with Gasteiger partial charge in [-0.25, -0.2) is 0 Å². The molecule has 0 nitrogen and oxygen atoms in total. The first-order chi connectivity index (χ1) is 8.01. The first-order valence-electron chi connectivity index (χ1n) is 5.64. The first-order valence-corrected chi connectivity index (χ1v) is 14.5. The Bertz CT molecular complexity index is 422. The molecule has 2 rings (SSSR count). The number of hydrogen-bond donors (Lipinski definition) is 0. The molecule has 1 aromatic rings. The van der Waals surface area contributed by atoms with Crippen molar-refractivity contribution in [1.82, 2.24) is 0 Å². The van der Waals surface area contributed by atoms with Crippen LogP contribution in [-0.4, -0.2) is 0 Å². The molecule has 17 heavy (non-hydrogen) atoms. The van der Waals surface area contributed by atoms with Gasteiger partial charge in [0, 0.05) is 6.42 Å². The fraction of sp³-hybridized carbons (Fsp3) is 0.357. The van der Waals surface area contributed by atoms with Gasteiger partial charge in [-0.3, -0.25) is 0 Å². The summed E-state index contributed by atoms with van der Waals surface area (Å²) in [7, 11) is 9.92. The van der Waals surface area contributed by atoms with Crippen molar-refractivity contribution in [2.75, 3.05) is 0 Å². The molecule has 0 bridgehead atoms. The Morgan fingerprint density at radius 3 is 2.18 bits per heavy atom. The van der Waals surface area contributed by atoms with E-state index in [0.29, 0.717) is 5.92 Å². The third kappa shape index (κ3) is 3.94. The maximum absolute atomic E-state index is 4.96. The number of allylic oxidation sites excluding steroid dienone is 1. The normalized spacial score (nSPS) is 12.8. The molecule has 0 saturated heterocycles. The Kier molecular flexibility index (Phi) is 6.47. The molecule has 0 N–H and O–H groups in total. The quantitative estimate of drug-likeness (QED) is 0.515. The van der Waals surface area contributed by atoms with Crippen LogP contribution in [0.4, 0.5) is 0 Å². The molecule has 0 aliphatic heterocycles. The number of fused-ring (bicyclic) bond motifs is 1. The maximum atomic E-state index is 4.96. The molecule has 91 valence electrons. The summed E-state index contributed by atoms with van der Waals surface area (Å²) in [5.41, 5.74) is 7.10. The summed E-state index contributed by atoms with van der Waals surface area (Å²) >= 11 is -0.972. The van der Waals surface area contributed by atoms with Crippen LogP contribution in [0, 0.1) is 13.3 Å². The van der Waals surface area contributed by atoms with Gasteiger partial charge in [-0.2, -0.15) is 0 Å². The Labute approximate surface area is 123 Å². The van der Waals surface area contributed by atoms with Crippen molar-refractivity contribution in [3.63, 3.8) is 0 Å². The fourth-order valence-electron chi connectivity index (χ4n) is 2.12. The molecule has 1 aliphatic rings. The molecule has 0 aromatic heterocycles. The second-order valence-corrected chi connectivity index (χ2v) is 9.75. The third-order valence-electron chi connectivity index (χ3n) is 2.90. The molecule has 0 saturated carbocycles. The van der Waals surface area contributed by atoms with Gasteiger partial charge in [0.25, 0.3) is 0 Å². The van der Waals surface area contributed by atoms with Gasteiger partial charge >= 0.3 is 37.7 Å². The van der Waals surface area contributed by atoms with E-state index in [4.69, 9.17) is 17.2 Å². The van der Waals surface area contributed by atoms with Crippen LogP contribution in [0.1, 0.15) is 48.9 Å². The summed E-state index contributed by atoms with van der Waals surface area (Å²) in [5, 5.41) is 0. The van der Waals surface area contributed by atoms with Crippen LogP contribution in [0.15, 0.2) is 17.7 Å². The predicted molar refractivity (Wildman–Crippen MR) is 74.0 cm³/mol. The molecular formula is C14H17Cl2Hf. The predicted octanol–water partition coefficient (Wildman–Crippen LogP) is 5.46. The van der Waals surface area contributed by atoms with E-state index in [1.807, 2.05) is 0 Å². The minimum atomic E-state index is -0.972. The van der Waals surface area contributed by atoms with Crippen LogP contribution in [0.3, 0.4) is 0 Å². The van der Waals surface area contributed by atoms with Crippen LogP contribution in [0.5, 0.6) is 0 Å². The minimum absolute atomic E-state index is 0.611. The number of aryl methyl sites for hydroxylation is 1. The van der Waals surface area contributed by atoms with Crippen molar-refractivity contribution in [3.8, 4) is 0 Å². The SMILES string of the molecule is CC1=Cc2c(C(C)C)ccc(C)c2[CH]1.[Cl][Hf][Cl]. The number of benzene rings is 1. The van der Waals surface area contributed by atoms with E-state index in [0.717, 1.165) is 0 Å². The Balaban J connectivity index is 0.000000437. The van der Waals surface area contributed by atoms with Gasteiger partial charge in [0.1, 0.15) is 0 Å². The first kappa shape index (κ1) is 15.5. The average Bonchev–Trinajstić information content (AvgIpc) is 2.61. The zero-order valence-electron chi connectivity index (χ0n) is 10.6. The van der Waals surface area contributed by atoms with Gasteiger partial charge in [0.15, 0.2) is 0 Å². The molecule has 0 spiro atoms. The third-order valence-corrected chi connectivity index (χ3v) is 2.90. The standard InChI is InChI=1S/C14H17.2ClH.Hf/c1-9(2)12-6-5-11(4)13-7-10(3)8-14(12)13;;;/h5-9H,1-4H3;2*1H;/q;;;+2/p-2. The Morgan fingerprint density at radius 1 is 1.06 bits per heavy atom. The second kappa shape index (κ2) is 7.11. The van der Waals surface area contributed by atoms with Crippen molar-refractivity contribution in [3.05, 3.63) is 46.4 Å². The molecule has 0 amide bonds. The molecule has 0 atom stereocenters. The van der Waals surface area contributed by atoms with Crippen LogP contribution < -0.4 is 0 Å². The van der Waals surface area contributed by atoms with E-state index in [1.54, 1.807) is 0 Å². The van der Waals surface area contributed by atoms with Gasteiger partial charge in [-0.05, 0) is 42.0 Å². The fourth-order valence-corrected chi connectivity index (χ4v) is 2.12. The van der Waals surface area contributed by atoms with Crippen molar-refractivity contribution in [1.29, 1.82) is 0 Å². The summed E-state index contributed by atoms with van der Waals surface area (Å²) in [6.45, 7) is 8.87. The summed E-state index contributed by atoms with van der Waals surface area (Å²) < 4.78 is 0. The van der Waals surface area contributed by atoms with Crippen LogP contribution in [-0.2, 0) is 20.5 Å². The zero-order chi connectivity index (χ0) is 13.0. The molecule has 1 aromatic carbocycles. The molecule has 1 aliphatic carbocycles. The Hall–Kier alpha value is 0.410. The van der Waals surface area contributed by atoms with E-state index >= 15 is 0 Å². The summed E-state index contributed by atoms with van der Waals surface area (Å²) in [5.74, 6) is 0.611. The summed E-state index contributed by atoms with van der Waals surface area (Å²) in [6, 6.07) is 4.50. The van der Waals surface area contributed by atoms with Crippen LogP contribution >= 0.6 is 17.2 Å². The summed E-state index contributed by atoms with van der Waals surface area (Å²) in [4.78, 5) is 0. The molecule has 0 fully saturated rings. The van der Waals surface area contributed by atoms with E-state index in [1.165, 1.54) is 27.8 Å². The molecular weight excluding hydrogens is 418 g/mol. The average molecular weight is 435 g/mol. The zero-order valence-corrected chi connectivity index (χ0v) is 15.7. The molecule has 0 heterocycles. The van der Waals surface area contributed by atoms with E-state index < -0.39 is 20.5 Å². The van der Waals surface area contributed by atoms with E-state index in [-0.39, 0.29) is 0 Å². The van der Waals surface area contributed by atoms with Crippen molar-refractivity contribution < 1.29 is 20.5 Å².